The van der Waals surface area contributed by atoms with Crippen LogP contribution in [-0.4, -0.2) is 27.8 Å². The molecule has 1 rings (SSSR count). The topological polar surface area (TPSA) is 29.9 Å². The number of rotatable bonds is 7. The van der Waals surface area contributed by atoms with Gasteiger partial charge >= 0.3 is 0 Å². The van der Waals surface area contributed by atoms with Crippen LogP contribution >= 0.6 is 23.4 Å². The molecule has 0 aromatic carbocycles. The van der Waals surface area contributed by atoms with E-state index in [4.69, 9.17) is 11.6 Å². The molecule has 0 spiro atoms. The van der Waals surface area contributed by atoms with E-state index in [1.807, 2.05) is 23.4 Å². The maximum absolute atomic E-state index is 6.25. The summed E-state index contributed by atoms with van der Waals surface area (Å²) in [5, 5.41) is 8.72. The Morgan fingerprint density at radius 1 is 1.53 bits per heavy atom. The number of hydrogen-bond donors (Lipinski definition) is 1. The van der Waals surface area contributed by atoms with Gasteiger partial charge < -0.3 is 5.32 Å². The lowest BCUT2D eigenvalue weighted by Crippen LogP contribution is -2.27. The van der Waals surface area contributed by atoms with Crippen molar-refractivity contribution in [2.45, 2.75) is 46.3 Å². The second kappa shape index (κ2) is 7.29. The summed E-state index contributed by atoms with van der Waals surface area (Å²) in [6, 6.07) is 0.513. The van der Waals surface area contributed by atoms with Gasteiger partial charge in [-0.3, -0.25) is 4.68 Å². The number of aromatic nitrogens is 2. The Kier molecular flexibility index (Phi) is 6.38. The third-order valence-electron chi connectivity index (χ3n) is 2.83. The van der Waals surface area contributed by atoms with Crippen molar-refractivity contribution in [1.82, 2.24) is 15.1 Å². The Bertz CT molecular complexity index is 352. The molecule has 1 aromatic heterocycles. The molecule has 1 atom stereocenters. The molecule has 1 unspecified atom stereocenters. The quantitative estimate of drug-likeness (QED) is 0.829. The van der Waals surface area contributed by atoms with Gasteiger partial charge in [0.2, 0.25) is 0 Å². The van der Waals surface area contributed by atoms with Crippen molar-refractivity contribution in [3.63, 3.8) is 0 Å². The number of aryl methyl sites for hydroxylation is 2. The van der Waals surface area contributed by atoms with E-state index in [2.05, 4.69) is 30.5 Å². The minimum Gasteiger partial charge on any atom is -0.309 e. The summed E-state index contributed by atoms with van der Waals surface area (Å²) in [6.07, 6.45) is 3.32. The molecular formula is C12H22ClN3S. The Balaban J connectivity index is 2.56. The fourth-order valence-electron chi connectivity index (χ4n) is 1.71. The standard InChI is InChI=1S/C12H22ClN3S/c1-5-16-11(12(13)10(3)15-16)8-14-9(2)6-7-17-4/h9,14H,5-8H2,1-4H3. The van der Waals surface area contributed by atoms with Crippen LogP contribution in [0.1, 0.15) is 31.7 Å². The molecule has 0 saturated heterocycles. The van der Waals surface area contributed by atoms with Crippen LogP contribution < -0.4 is 5.32 Å². The smallest absolute Gasteiger partial charge is 0.0860 e. The van der Waals surface area contributed by atoms with E-state index in [0.717, 1.165) is 29.5 Å². The molecule has 0 radical (unpaired) electrons. The third kappa shape index (κ3) is 4.19. The molecule has 5 heteroatoms. The molecule has 1 N–H and O–H groups in total. The Morgan fingerprint density at radius 2 is 2.24 bits per heavy atom. The predicted molar refractivity (Wildman–Crippen MR) is 76.9 cm³/mol. The SMILES string of the molecule is CCn1nc(C)c(Cl)c1CNC(C)CCSC. The summed E-state index contributed by atoms with van der Waals surface area (Å²) in [4.78, 5) is 0. The second-order valence-corrected chi connectivity index (χ2v) is 5.59. The monoisotopic (exact) mass is 275 g/mol. The summed E-state index contributed by atoms with van der Waals surface area (Å²) in [5.41, 5.74) is 2.02. The molecule has 1 aromatic rings. The van der Waals surface area contributed by atoms with Crippen LogP contribution in [0.25, 0.3) is 0 Å². The second-order valence-electron chi connectivity index (χ2n) is 4.23. The van der Waals surface area contributed by atoms with Crippen LogP contribution in [0, 0.1) is 6.92 Å². The predicted octanol–water partition coefficient (Wildman–Crippen LogP) is 3.10. The Labute approximate surface area is 113 Å². The summed E-state index contributed by atoms with van der Waals surface area (Å²) in [6.45, 7) is 7.91. The molecule has 0 saturated carbocycles. The summed E-state index contributed by atoms with van der Waals surface area (Å²) in [7, 11) is 0. The highest BCUT2D eigenvalue weighted by molar-refractivity contribution is 7.98. The largest absolute Gasteiger partial charge is 0.309 e. The zero-order valence-corrected chi connectivity index (χ0v) is 12.7. The first-order chi connectivity index (χ1) is 8.10. The molecule has 98 valence electrons. The van der Waals surface area contributed by atoms with E-state index in [9.17, 15) is 0 Å². The minimum atomic E-state index is 0.513. The summed E-state index contributed by atoms with van der Waals surface area (Å²) >= 11 is 8.14. The highest BCUT2D eigenvalue weighted by Gasteiger charge is 2.12. The first-order valence-corrected chi connectivity index (χ1v) is 7.81. The van der Waals surface area contributed by atoms with Gasteiger partial charge in [0.15, 0.2) is 0 Å². The molecule has 0 fully saturated rings. The molecular weight excluding hydrogens is 254 g/mol. The number of nitrogens with one attached hydrogen (secondary N) is 1. The van der Waals surface area contributed by atoms with Crippen molar-refractivity contribution >= 4 is 23.4 Å². The fraction of sp³-hybridized carbons (Fsp3) is 0.750. The van der Waals surface area contributed by atoms with Crippen LogP contribution in [0.15, 0.2) is 0 Å². The number of thioether (sulfide) groups is 1. The number of halogens is 1. The van der Waals surface area contributed by atoms with Gasteiger partial charge in [-0.2, -0.15) is 16.9 Å². The lowest BCUT2D eigenvalue weighted by Gasteiger charge is -2.14. The average molecular weight is 276 g/mol. The maximum atomic E-state index is 6.25. The lowest BCUT2D eigenvalue weighted by molar-refractivity contribution is 0.508. The van der Waals surface area contributed by atoms with Crippen LogP contribution in [-0.2, 0) is 13.1 Å². The van der Waals surface area contributed by atoms with Crippen molar-refractivity contribution < 1.29 is 0 Å². The normalized spacial score (nSPS) is 13.0. The maximum Gasteiger partial charge on any atom is 0.0860 e. The summed E-state index contributed by atoms with van der Waals surface area (Å²) in [5.74, 6) is 1.19. The van der Waals surface area contributed by atoms with E-state index in [1.54, 1.807) is 0 Å². The summed E-state index contributed by atoms with van der Waals surface area (Å²) < 4.78 is 1.98. The van der Waals surface area contributed by atoms with Gasteiger partial charge in [0.1, 0.15) is 0 Å². The molecule has 0 bridgehead atoms. The first kappa shape index (κ1) is 14.9. The highest BCUT2D eigenvalue weighted by Crippen LogP contribution is 2.20. The molecule has 0 aliphatic carbocycles. The van der Waals surface area contributed by atoms with Crippen molar-refractivity contribution in [2.75, 3.05) is 12.0 Å². The molecule has 0 amide bonds. The van der Waals surface area contributed by atoms with Gasteiger partial charge in [-0.25, -0.2) is 0 Å². The number of nitrogens with zero attached hydrogens (tertiary/aromatic N) is 2. The van der Waals surface area contributed by atoms with Gasteiger partial charge in [0.25, 0.3) is 0 Å². The fourth-order valence-corrected chi connectivity index (χ4v) is 2.50. The average Bonchev–Trinajstić information content (AvgIpc) is 2.60. The molecule has 1 heterocycles. The van der Waals surface area contributed by atoms with E-state index < -0.39 is 0 Å². The van der Waals surface area contributed by atoms with E-state index in [0.29, 0.717) is 6.04 Å². The van der Waals surface area contributed by atoms with E-state index in [-0.39, 0.29) is 0 Å². The Morgan fingerprint density at radius 3 is 2.82 bits per heavy atom. The molecule has 0 aliphatic heterocycles. The van der Waals surface area contributed by atoms with Gasteiger partial charge in [0.05, 0.1) is 16.4 Å². The Hall–Kier alpha value is -0.190. The zero-order valence-electron chi connectivity index (χ0n) is 11.1. The highest BCUT2D eigenvalue weighted by atomic mass is 35.5. The van der Waals surface area contributed by atoms with Crippen molar-refractivity contribution in [2.24, 2.45) is 0 Å². The van der Waals surface area contributed by atoms with Crippen LogP contribution in [0.5, 0.6) is 0 Å². The van der Waals surface area contributed by atoms with Gasteiger partial charge in [-0.1, -0.05) is 11.6 Å². The third-order valence-corrected chi connectivity index (χ3v) is 3.96. The van der Waals surface area contributed by atoms with E-state index >= 15 is 0 Å². The van der Waals surface area contributed by atoms with Crippen molar-refractivity contribution in [3.05, 3.63) is 16.4 Å². The lowest BCUT2D eigenvalue weighted by atomic mass is 10.2. The van der Waals surface area contributed by atoms with E-state index in [1.165, 1.54) is 12.2 Å². The van der Waals surface area contributed by atoms with Gasteiger partial charge in [-0.05, 0) is 39.2 Å². The molecule has 0 aliphatic rings. The van der Waals surface area contributed by atoms with Crippen LogP contribution in [0.4, 0.5) is 0 Å². The van der Waals surface area contributed by atoms with Gasteiger partial charge in [-0.15, -0.1) is 0 Å². The molecule has 3 nitrogen and oxygen atoms in total. The number of hydrogen-bond acceptors (Lipinski definition) is 3. The van der Waals surface area contributed by atoms with Crippen molar-refractivity contribution in [3.8, 4) is 0 Å². The van der Waals surface area contributed by atoms with Gasteiger partial charge in [0, 0.05) is 19.1 Å². The first-order valence-electron chi connectivity index (χ1n) is 6.04. The van der Waals surface area contributed by atoms with Crippen molar-refractivity contribution in [1.29, 1.82) is 0 Å². The minimum absolute atomic E-state index is 0.513. The zero-order chi connectivity index (χ0) is 12.8. The molecule has 17 heavy (non-hydrogen) atoms. The van der Waals surface area contributed by atoms with Crippen LogP contribution in [0.2, 0.25) is 5.02 Å². The van der Waals surface area contributed by atoms with Crippen LogP contribution in [0.3, 0.4) is 0 Å².